The summed E-state index contributed by atoms with van der Waals surface area (Å²) in [5.74, 6) is 0. The van der Waals surface area contributed by atoms with E-state index in [4.69, 9.17) is 4.74 Å². The van der Waals surface area contributed by atoms with Crippen LogP contribution >= 0.6 is 0 Å². The van der Waals surface area contributed by atoms with Crippen molar-refractivity contribution in [1.29, 1.82) is 0 Å². The molecule has 0 aromatic rings. The largest absolute Gasteiger partial charge is 0.380 e. The van der Waals surface area contributed by atoms with E-state index < -0.39 is 0 Å². The summed E-state index contributed by atoms with van der Waals surface area (Å²) in [6, 6.07) is 0.625. The van der Waals surface area contributed by atoms with Crippen molar-refractivity contribution >= 4 is 6.29 Å². The van der Waals surface area contributed by atoms with Gasteiger partial charge in [-0.05, 0) is 52.9 Å². The molecule has 2 rings (SSSR count). The maximum Gasteiger partial charge on any atom is 0.129 e. The molecular formula is C14H26N2O2. The number of hydrogen-bond acceptors (Lipinski definition) is 4. The lowest BCUT2D eigenvalue weighted by atomic mass is 9.83. The van der Waals surface area contributed by atoms with Gasteiger partial charge in [-0.1, -0.05) is 0 Å². The maximum absolute atomic E-state index is 11.4. The van der Waals surface area contributed by atoms with Gasteiger partial charge in [0.15, 0.2) is 0 Å². The fourth-order valence-electron chi connectivity index (χ4n) is 3.19. The first-order chi connectivity index (χ1) is 8.65. The summed E-state index contributed by atoms with van der Waals surface area (Å²) in [6.07, 6.45) is 5.55. The summed E-state index contributed by atoms with van der Waals surface area (Å²) in [7, 11) is 4.34. The van der Waals surface area contributed by atoms with Crippen molar-refractivity contribution in [3.8, 4) is 0 Å². The summed E-state index contributed by atoms with van der Waals surface area (Å²) >= 11 is 0. The first-order valence-corrected chi connectivity index (χ1v) is 7.08. The van der Waals surface area contributed by atoms with Crippen molar-refractivity contribution in [2.45, 2.75) is 31.7 Å². The number of carbonyl (C=O) groups excluding carboxylic acids is 1. The molecule has 0 amide bonds. The van der Waals surface area contributed by atoms with Crippen LogP contribution in [0.15, 0.2) is 0 Å². The SMILES string of the molecule is CN1CCC(N(C)CC2(C=O)CCCOC2)CC1. The molecule has 18 heavy (non-hydrogen) atoms. The van der Waals surface area contributed by atoms with Crippen LogP contribution in [-0.4, -0.2) is 69.1 Å². The number of likely N-dealkylation sites (tertiary alicyclic amines) is 1. The Labute approximate surface area is 110 Å². The fourth-order valence-corrected chi connectivity index (χ4v) is 3.19. The van der Waals surface area contributed by atoms with Gasteiger partial charge in [-0.15, -0.1) is 0 Å². The van der Waals surface area contributed by atoms with Crippen molar-refractivity contribution in [2.75, 3.05) is 46.9 Å². The van der Waals surface area contributed by atoms with Crippen LogP contribution in [0.5, 0.6) is 0 Å². The Balaban J connectivity index is 1.88. The molecule has 2 aliphatic heterocycles. The average Bonchev–Trinajstić information content (AvgIpc) is 2.40. The molecule has 0 spiro atoms. The van der Waals surface area contributed by atoms with Crippen LogP contribution < -0.4 is 0 Å². The van der Waals surface area contributed by atoms with Crippen LogP contribution in [0.2, 0.25) is 0 Å². The van der Waals surface area contributed by atoms with Gasteiger partial charge in [0.05, 0.1) is 12.0 Å². The molecule has 0 N–H and O–H groups in total. The van der Waals surface area contributed by atoms with Crippen molar-refractivity contribution < 1.29 is 9.53 Å². The topological polar surface area (TPSA) is 32.8 Å². The maximum atomic E-state index is 11.4. The second kappa shape index (κ2) is 6.13. The van der Waals surface area contributed by atoms with Crippen molar-refractivity contribution in [1.82, 2.24) is 9.80 Å². The molecule has 0 aromatic heterocycles. The van der Waals surface area contributed by atoms with Crippen molar-refractivity contribution in [3.05, 3.63) is 0 Å². The van der Waals surface area contributed by atoms with E-state index in [-0.39, 0.29) is 5.41 Å². The molecule has 2 saturated heterocycles. The fraction of sp³-hybridized carbons (Fsp3) is 0.929. The molecule has 2 fully saturated rings. The number of piperidine rings is 1. The van der Waals surface area contributed by atoms with Crippen LogP contribution in [0.3, 0.4) is 0 Å². The van der Waals surface area contributed by atoms with E-state index in [0.29, 0.717) is 12.6 Å². The quantitative estimate of drug-likeness (QED) is 0.701. The van der Waals surface area contributed by atoms with Crippen molar-refractivity contribution in [3.63, 3.8) is 0 Å². The van der Waals surface area contributed by atoms with Crippen LogP contribution in [0.4, 0.5) is 0 Å². The lowest BCUT2D eigenvalue weighted by molar-refractivity contribution is -0.126. The average molecular weight is 254 g/mol. The predicted octanol–water partition coefficient (Wildman–Crippen LogP) is 1.01. The summed E-state index contributed by atoms with van der Waals surface area (Å²) in [6.45, 7) is 4.60. The van der Waals surface area contributed by atoms with E-state index in [1.807, 2.05) is 0 Å². The van der Waals surface area contributed by atoms with E-state index in [2.05, 4.69) is 23.9 Å². The summed E-state index contributed by atoms with van der Waals surface area (Å²) in [5.41, 5.74) is -0.254. The zero-order chi connectivity index (χ0) is 13.0. The highest BCUT2D eigenvalue weighted by Gasteiger charge is 2.35. The number of nitrogens with zero attached hydrogens (tertiary/aromatic N) is 2. The molecule has 0 saturated carbocycles. The van der Waals surface area contributed by atoms with Gasteiger partial charge in [-0.3, -0.25) is 0 Å². The smallest absolute Gasteiger partial charge is 0.129 e. The number of rotatable bonds is 4. The standard InChI is InChI=1S/C14H26N2O2/c1-15-7-4-13(5-8-15)16(2)10-14(11-17)6-3-9-18-12-14/h11,13H,3-10,12H2,1-2H3. The number of aldehydes is 1. The molecule has 0 bridgehead atoms. The summed E-state index contributed by atoms with van der Waals surface area (Å²) < 4.78 is 5.52. The Morgan fingerprint density at radius 1 is 1.44 bits per heavy atom. The minimum atomic E-state index is -0.254. The molecule has 104 valence electrons. The van der Waals surface area contributed by atoms with E-state index in [0.717, 1.165) is 32.3 Å². The van der Waals surface area contributed by atoms with Crippen molar-refractivity contribution in [2.24, 2.45) is 5.41 Å². The lowest BCUT2D eigenvalue weighted by Crippen LogP contribution is -2.49. The molecule has 0 aromatic carbocycles. The third-order valence-corrected chi connectivity index (χ3v) is 4.48. The Morgan fingerprint density at radius 3 is 2.72 bits per heavy atom. The van der Waals surface area contributed by atoms with Crippen LogP contribution in [-0.2, 0) is 9.53 Å². The van der Waals surface area contributed by atoms with Gasteiger partial charge in [0.2, 0.25) is 0 Å². The van der Waals surface area contributed by atoms with Crippen LogP contribution in [0, 0.1) is 5.41 Å². The number of carbonyl (C=O) groups is 1. The lowest BCUT2D eigenvalue weighted by Gasteiger charge is -2.40. The zero-order valence-corrected chi connectivity index (χ0v) is 11.7. The summed E-state index contributed by atoms with van der Waals surface area (Å²) in [5, 5.41) is 0. The molecule has 4 heteroatoms. The van der Waals surface area contributed by atoms with Gasteiger partial charge in [0.25, 0.3) is 0 Å². The third kappa shape index (κ3) is 3.31. The third-order valence-electron chi connectivity index (χ3n) is 4.48. The molecule has 1 atom stereocenters. The van der Waals surface area contributed by atoms with E-state index in [1.165, 1.54) is 25.9 Å². The molecular weight excluding hydrogens is 228 g/mol. The highest BCUT2D eigenvalue weighted by Crippen LogP contribution is 2.28. The second-order valence-electron chi connectivity index (χ2n) is 6.09. The van der Waals surface area contributed by atoms with Crippen LogP contribution in [0.1, 0.15) is 25.7 Å². The van der Waals surface area contributed by atoms with E-state index >= 15 is 0 Å². The molecule has 0 radical (unpaired) electrons. The second-order valence-corrected chi connectivity index (χ2v) is 6.09. The Hall–Kier alpha value is -0.450. The van der Waals surface area contributed by atoms with Gasteiger partial charge in [-0.2, -0.15) is 0 Å². The Bertz CT molecular complexity index is 269. The first-order valence-electron chi connectivity index (χ1n) is 7.08. The minimum Gasteiger partial charge on any atom is -0.380 e. The minimum absolute atomic E-state index is 0.254. The van der Waals surface area contributed by atoms with Gasteiger partial charge < -0.3 is 19.3 Å². The predicted molar refractivity (Wildman–Crippen MR) is 71.7 cm³/mol. The van der Waals surface area contributed by atoms with Gasteiger partial charge >= 0.3 is 0 Å². The van der Waals surface area contributed by atoms with Gasteiger partial charge in [0, 0.05) is 19.2 Å². The van der Waals surface area contributed by atoms with E-state index in [1.54, 1.807) is 0 Å². The highest BCUT2D eigenvalue weighted by atomic mass is 16.5. The molecule has 2 aliphatic rings. The van der Waals surface area contributed by atoms with Gasteiger partial charge in [-0.25, -0.2) is 0 Å². The molecule has 0 aliphatic carbocycles. The van der Waals surface area contributed by atoms with Gasteiger partial charge in [0.1, 0.15) is 6.29 Å². The van der Waals surface area contributed by atoms with Crippen LogP contribution in [0.25, 0.3) is 0 Å². The summed E-state index contributed by atoms with van der Waals surface area (Å²) in [4.78, 5) is 16.2. The molecule has 4 nitrogen and oxygen atoms in total. The normalized spacial score (nSPS) is 31.7. The Kier molecular flexibility index (Phi) is 4.76. The number of hydrogen-bond donors (Lipinski definition) is 0. The molecule has 2 heterocycles. The zero-order valence-electron chi connectivity index (χ0n) is 11.7. The highest BCUT2D eigenvalue weighted by molar-refractivity contribution is 5.60. The Morgan fingerprint density at radius 2 is 2.17 bits per heavy atom. The first kappa shape index (κ1) is 14.0. The molecule has 1 unspecified atom stereocenters. The monoisotopic (exact) mass is 254 g/mol. The number of ether oxygens (including phenoxy) is 1. The van der Waals surface area contributed by atoms with E-state index in [9.17, 15) is 4.79 Å².